The number of fused-ring (bicyclic) bond motifs is 1. The highest BCUT2D eigenvalue weighted by atomic mass is 19.1. The number of rotatable bonds is 6. The number of carbonyl (C=O) groups is 1. The quantitative estimate of drug-likeness (QED) is 0.499. The fourth-order valence-electron chi connectivity index (χ4n) is 3.86. The molecule has 154 valence electrons. The van der Waals surface area contributed by atoms with Crippen LogP contribution in [0.15, 0.2) is 48.5 Å². The lowest BCUT2D eigenvalue weighted by molar-refractivity contribution is 0.0954. The van der Waals surface area contributed by atoms with Crippen LogP contribution in [-0.2, 0) is 13.0 Å². The molecule has 0 saturated heterocycles. The SMILES string of the molecule is Cc1cc(C)n(Cc2ccc(C(=O)NCCc3c(C)[nH]c4c(F)cccc34)cc2)n1. The normalized spacial score (nSPS) is 11.2. The first-order valence-electron chi connectivity index (χ1n) is 10.1. The molecule has 0 spiro atoms. The Bertz CT molecular complexity index is 1200. The number of para-hydroxylation sites is 1. The summed E-state index contributed by atoms with van der Waals surface area (Å²) in [5.74, 6) is -0.372. The van der Waals surface area contributed by atoms with Gasteiger partial charge in [-0.1, -0.05) is 24.3 Å². The number of nitrogens with one attached hydrogen (secondary N) is 2. The minimum atomic E-state index is -0.258. The summed E-state index contributed by atoms with van der Waals surface area (Å²) < 4.78 is 15.9. The van der Waals surface area contributed by atoms with E-state index >= 15 is 0 Å². The Hall–Kier alpha value is -3.41. The maximum Gasteiger partial charge on any atom is 0.251 e. The van der Waals surface area contributed by atoms with Gasteiger partial charge in [0.1, 0.15) is 5.82 Å². The Morgan fingerprint density at radius 3 is 2.60 bits per heavy atom. The second-order valence-corrected chi connectivity index (χ2v) is 7.68. The molecule has 0 unspecified atom stereocenters. The standard InChI is InChI=1S/C24H25FN4O/c1-15-13-16(2)29(28-15)14-18-7-9-19(10-8-18)24(30)26-12-11-20-17(3)27-23-21(20)5-4-6-22(23)25/h4-10,13,27H,11-12,14H2,1-3H3,(H,26,30). The molecule has 0 atom stereocenters. The van der Waals surface area contributed by atoms with Gasteiger partial charge in [0.2, 0.25) is 0 Å². The molecule has 0 bridgehead atoms. The van der Waals surface area contributed by atoms with E-state index in [2.05, 4.69) is 15.4 Å². The third-order valence-electron chi connectivity index (χ3n) is 5.42. The second kappa shape index (κ2) is 8.14. The largest absolute Gasteiger partial charge is 0.356 e. The van der Waals surface area contributed by atoms with Crippen molar-refractivity contribution in [2.75, 3.05) is 6.54 Å². The average molecular weight is 404 g/mol. The molecule has 1 amide bonds. The molecule has 4 rings (SSSR count). The number of hydrogen-bond acceptors (Lipinski definition) is 2. The number of aromatic nitrogens is 3. The van der Waals surface area contributed by atoms with Gasteiger partial charge in [-0.05, 0) is 62.6 Å². The third kappa shape index (κ3) is 3.99. The fourth-order valence-corrected chi connectivity index (χ4v) is 3.86. The summed E-state index contributed by atoms with van der Waals surface area (Å²) in [7, 11) is 0. The summed E-state index contributed by atoms with van der Waals surface area (Å²) in [4.78, 5) is 15.6. The number of carbonyl (C=O) groups excluding carboxylic acids is 1. The van der Waals surface area contributed by atoms with Crippen LogP contribution in [0.3, 0.4) is 0 Å². The van der Waals surface area contributed by atoms with Gasteiger partial charge in [-0.15, -0.1) is 0 Å². The van der Waals surface area contributed by atoms with Crippen LogP contribution in [-0.4, -0.2) is 27.2 Å². The summed E-state index contributed by atoms with van der Waals surface area (Å²) in [5, 5.41) is 8.31. The van der Waals surface area contributed by atoms with Crippen molar-refractivity contribution >= 4 is 16.8 Å². The van der Waals surface area contributed by atoms with Crippen LogP contribution >= 0.6 is 0 Å². The number of H-pyrrole nitrogens is 1. The smallest absolute Gasteiger partial charge is 0.251 e. The zero-order chi connectivity index (χ0) is 21.3. The first-order valence-corrected chi connectivity index (χ1v) is 10.1. The summed E-state index contributed by atoms with van der Waals surface area (Å²) in [6.45, 7) is 7.10. The van der Waals surface area contributed by atoms with Gasteiger partial charge in [0.25, 0.3) is 5.91 Å². The molecule has 2 N–H and O–H groups in total. The first kappa shape index (κ1) is 19.9. The topological polar surface area (TPSA) is 62.7 Å². The van der Waals surface area contributed by atoms with E-state index in [0.717, 1.165) is 33.6 Å². The number of amides is 1. The molecular formula is C24H25FN4O. The van der Waals surface area contributed by atoms with E-state index in [-0.39, 0.29) is 11.7 Å². The third-order valence-corrected chi connectivity index (χ3v) is 5.42. The van der Waals surface area contributed by atoms with E-state index in [1.54, 1.807) is 6.07 Å². The number of hydrogen-bond donors (Lipinski definition) is 2. The fraction of sp³-hybridized carbons (Fsp3) is 0.250. The van der Waals surface area contributed by atoms with Crippen molar-refractivity contribution in [2.24, 2.45) is 0 Å². The molecule has 6 heteroatoms. The van der Waals surface area contributed by atoms with E-state index in [1.165, 1.54) is 6.07 Å². The molecule has 0 saturated carbocycles. The highest BCUT2D eigenvalue weighted by Crippen LogP contribution is 2.24. The predicted octanol–water partition coefficient (Wildman–Crippen LogP) is 4.45. The molecule has 0 aliphatic rings. The van der Waals surface area contributed by atoms with E-state index in [1.807, 2.05) is 61.9 Å². The predicted molar refractivity (Wildman–Crippen MR) is 116 cm³/mol. The van der Waals surface area contributed by atoms with Crippen molar-refractivity contribution < 1.29 is 9.18 Å². The van der Waals surface area contributed by atoms with Gasteiger partial charge < -0.3 is 10.3 Å². The number of benzene rings is 2. The molecule has 0 aliphatic heterocycles. The molecule has 2 aromatic carbocycles. The molecule has 2 heterocycles. The van der Waals surface area contributed by atoms with E-state index in [4.69, 9.17) is 0 Å². The Morgan fingerprint density at radius 1 is 1.13 bits per heavy atom. The molecule has 4 aromatic rings. The minimum absolute atomic E-state index is 0.115. The number of nitrogens with zero attached hydrogens (tertiary/aromatic N) is 2. The number of aromatic amines is 1. The Kier molecular flexibility index (Phi) is 5.40. The lowest BCUT2D eigenvalue weighted by atomic mass is 10.1. The average Bonchev–Trinajstić information content (AvgIpc) is 3.21. The lowest BCUT2D eigenvalue weighted by Crippen LogP contribution is -2.25. The number of halogens is 1. The first-order chi connectivity index (χ1) is 14.4. The van der Waals surface area contributed by atoms with E-state index in [9.17, 15) is 9.18 Å². The van der Waals surface area contributed by atoms with Crippen molar-refractivity contribution in [1.82, 2.24) is 20.1 Å². The van der Waals surface area contributed by atoms with Crippen molar-refractivity contribution in [3.8, 4) is 0 Å². The Labute approximate surface area is 174 Å². The second-order valence-electron chi connectivity index (χ2n) is 7.68. The van der Waals surface area contributed by atoms with E-state index < -0.39 is 0 Å². The van der Waals surface area contributed by atoms with E-state index in [0.29, 0.717) is 30.6 Å². The summed E-state index contributed by atoms with van der Waals surface area (Å²) >= 11 is 0. The molecule has 2 aromatic heterocycles. The lowest BCUT2D eigenvalue weighted by Gasteiger charge is -2.08. The van der Waals surface area contributed by atoms with Crippen LogP contribution in [0.4, 0.5) is 4.39 Å². The summed E-state index contributed by atoms with van der Waals surface area (Å²) in [6.07, 6.45) is 0.636. The van der Waals surface area contributed by atoms with Gasteiger partial charge in [-0.2, -0.15) is 5.10 Å². The van der Waals surface area contributed by atoms with Crippen LogP contribution in [0.5, 0.6) is 0 Å². The highest BCUT2D eigenvalue weighted by molar-refractivity contribution is 5.94. The van der Waals surface area contributed by atoms with Crippen molar-refractivity contribution in [3.63, 3.8) is 0 Å². The van der Waals surface area contributed by atoms with Gasteiger partial charge in [-0.3, -0.25) is 9.48 Å². The van der Waals surface area contributed by atoms with Crippen LogP contribution in [0.2, 0.25) is 0 Å². The summed E-state index contributed by atoms with van der Waals surface area (Å²) in [6, 6.07) is 14.7. The van der Waals surface area contributed by atoms with Gasteiger partial charge in [-0.25, -0.2) is 4.39 Å². The molecule has 30 heavy (non-hydrogen) atoms. The van der Waals surface area contributed by atoms with Gasteiger partial charge in [0.05, 0.1) is 17.8 Å². The van der Waals surface area contributed by atoms with Crippen molar-refractivity contribution in [1.29, 1.82) is 0 Å². The highest BCUT2D eigenvalue weighted by Gasteiger charge is 2.12. The minimum Gasteiger partial charge on any atom is -0.356 e. The monoisotopic (exact) mass is 404 g/mol. The van der Waals surface area contributed by atoms with Gasteiger partial charge >= 0.3 is 0 Å². The van der Waals surface area contributed by atoms with Crippen LogP contribution in [0.1, 0.15) is 38.6 Å². The maximum absolute atomic E-state index is 13.9. The number of aryl methyl sites for hydroxylation is 3. The van der Waals surface area contributed by atoms with Crippen LogP contribution < -0.4 is 5.32 Å². The molecular weight excluding hydrogens is 379 g/mol. The zero-order valence-corrected chi connectivity index (χ0v) is 17.4. The Balaban J connectivity index is 1.37. The zero-order valence-electron chi connectivity index (χ0n) is 17.4. The maximum atomic E-state index is 13.9. The van der Waals surface area contributed by atoms with Crippen molar-refractivity contribution in [2.45, 2.75) is 33.7 Å². The molecule has 5 nitrogen and oxygen atoms in total. The van der Waals surface area contributed by atoms with Crippen molar-refractivity contribution in [3.05, 3.63) is 88.1 Å². The molecule has 0 aliphatic carbocycles. The Morgan fingerprint density at radius 2 is 1.90 bits per heavy atom. The van der Waals surface area contributed by atoms with Crippen LogP contribution in [0, 0.1) is 26.6 Å². The van der Waals surface area contributed by atoms with Gasteiger partial charge in [0.15, 0.2) is 0 Å². The van der Waals surface area contributed by atoms with Gasteiger partial charge in [0, 0.05) is 28.9 Å². The van der Waals surface area contributed by atoms with Crippen LogP contribution in [0.25, 0.3) is 10.9 Å². The molecule has 0 fully saturated rings. The summed E-state index contributed by atoms with van der Waals surface area (Å²) in [5.41, 5.74) is 6.30. The molecule has 0 radical (unpaired) electrons.